The van der Waals surface area contributed by atoms with Crippen molar-refractivity contribution >= 4 is 41.5 Å². The molecule has 0 aliphatic rings. The van der Waals surface area contributed by atoms with Crippen LogP contribution < -0.4 is 33.2 Å². The second-order valence-corrected chi connectivity index (χ2v) is 6.25. The van der Waals surface area contributed by atoms with E-state index in [2.05, 4.69) is 5.32 Å². The van der Waals surface area contributed by atoms with E-state index in [0.717, 1.165) is 0 Å². The van der Waals surface area contributed by atoms with E-state index in [-0.39, 0.29) is 0 Å². The van der Waals surface area contributed by atoms with Crippen LogP contribution in [0.25, 0.3) is 0 Å². The van der Waals surface area contributed by atoms with Gasteiger partial charge in [-0.25, -0.2) is 4.79 Å². The third-order valence-electron chi connectivity index (χ3n) is 3.48. The Labute approximate surface area is 169 Å². The largest absolute Gasteiger partial charge is 0.481 e. The van der Waals surface area contributed by atoms with Gasteiger partial charge in [0.2, 0.25) is 29.5 Å². The van der Waals surface area contributed by atoms with Crippen molar-refractivity contribution in [3.05, 3.63) is 0 Å². The first-order valence-electron chi connectivity index (χ1n) is 8.42. The molecular weight excluding hydrogens is 408 g/mol. The molecule has 0 radical (unpaired) electrons. The van der Waals surface area contributed by atoms with Crippen LogP contribution in [0.3, 0.4) is 0 Å². The predicted molar refractivity (Wildman–Crippen MR) is 97.0 cm³/mol. The van der Waals surface area contributed by atoms with Gasteiger partial charge in [0.25, 0.3) is 0 Å². The Morgan fingerprint density at radius 3 is 1.37 bits per heavy atom. The van der Waals surface area contributed by atoms with Gasteiger partial charge in [0.15, 0.2) is 0 Å². The van der Waals surface area contributed by atoms with Crippen molar-refractivity contribution in [1.29, 1.82) is 0 Å². The lowest BCUT2D eigenvalue weighted by atomic mass is 10.1. The average Bonchev–Trinajstić information content (AvgIpc) is 2.58. The van der Waals surface area contributed by atoms with Crippen LogP contribution in [0.15, 0.2) is 0 Å². The molecule has 0 fully saturated rings. The van der Waals surface area contributed by atoms with E-state index in [0.29, 0.717) is 0 Å². The van der Waals surface area contributed by atoms with Crippen LogP contribution in [0.4, 0.5) is 0 Å². The van der Waals surface area contributed by atoms with Crippen LogP contribution in [0.1, 0.15) is 26.2 Å². The molecule has 0 saturated heterocycles. The fraction of sp³-hybridized carbons (Fsp3) is 0.533. The summed E-state index contributed by atoms with van der Waals surface area (Å²) >= 11 is 0. The van der Waals surface area contributed by atoms with Gasteiger partial charge in [-0.3, -0.25) is 28.8 Å². The third kappa shape index (κ3) is 9.98. The van der Waals surface area contributed by atoms with Crippen LogP contribution in [0.5, 0.6) is 0 Å². The Morgan fingerprint density at radius 2 is 1.07 bits per heavy atom. The summed E-state index contributed by atoms with van der Waals surface area (Å²) in [5.74, 6) is -8.42. The molecule has 4 unspecified atom stereocenters. The van der Waals surface area contributed by atoms with Crippen molar-refractivity contribution in [1.82, 2.24) is 16.0 Å². The summed E-state index contributed by atoms with van der Waals surface area (Å²) in [7, 11) is 0. The van der Waals surface area contributed by atoms with Crippen LogP contribution in [-0.2, 0) is 33.6 Å². The maximum absolute atomic E-state index is 12.4. The number of carbonyl (C=O) groups is 7. The van der Waals surface area contributed by atoms with E-state index < -0.39 is 84.9 Å². The first kappa shape index (κ1) is 26.2. The molecule has 168 valence electrons. The van der Waals surface area contributed by atoms with E-state index in [9.17, 15) is 33.6 Å². The summed E-state index contributed by atoms with van der Waals surface area (Å²) < 4.78 is 0. The first-order valence-corrected chi connectivity index (χ1v) is 8.42. The molecule has 5 amide bonds. The number of nitrogens with two attached hydrogens (primary N) is 3. The molecule has 0 aromatic rings. The summed E-state index contributed by atoms with van der Waals surface area (Å²) in [5.41, 5.74) is 15.4. The fourth-order valence-corrected chi connectivity index (χ4v) is 2.04. The standard InChI is InChI=1S/C15H24N6O9/c1-5(16)12(26)19-6(2-9(17)22)13(27)20-7(3-10(18)23)14(28)21-8(15(29)30)4-11(24)25/h5-8H,2-4,16H2,1H3,(H2,17,22)(H2,18,23)(H,19,26)(H,20,27)(H,21,28)(H,24,25)(H,29,30). The van der Waals surface area contributed by atoms with Gasteiger partial charge in [-0.2, -0.15) is 0 Å². The van der Waals surface area contributed by atoms with Crippen LogP contribution >= 0.6 is 0 Å². The molecule has 0 bridgehead atoms. The van der Waals surface area contributed by atoms with Gasteiger partial charge in [0, 0.05) is 0 Å². The lowest BCUT2D eigenvalue weighted by Crippen LogP contribution is -2.58. The normalized spacial score (nSPS) is 14.3. The Balaban J connectivity index is 5.50. The van der Waals surface area contributed by atoms with E-state index in [1.165, 1.54) is 6.92 Å². The van der Waals surface area contributed by atoms with Gasteiger partial charge < -0.3 is 43.4 Å². The summed E-state index contributed by atoms with van der Waals surface area (Å²) in [4.78, 5) is 80.6. The highest BCUT2D eigenvalue weighted by Gasteiger charge is 2.32. The number of carboxylic acid groups (broad SMARTS) is 2. The fourth-order valence-electron chi connectivity index (χ4n) is 2.04. The first-order chi connectivity index (χ1) is 13.7. The van der Waals surface area contributed by atoms with Crippen molar-refractivity contribution in [3.63, 3.8) is 0 Å². The quantitative estimate of drug-likeness (QED) is 0.137. The molecule has 0 aromatic heterocycles. The molecule has 0 aliphatic carbocycles. The predicted octanol–water partition coefficient (Wildman–Crippen LogP) is -4.90. The van der Waals surface area contributed by atoms with Crippen molar-refractivity contribution in [3.8, 4) is 0 Å². The molecule has 0 spiro atoms. The number of primary amides is 2. The second-order valence-electron chi connectivity index (χ2n) is 6.25. The Morgan fingerprint density at radius 1 is 0.700 bits per heavy atom. The number of nitrogens with one attached hydrogen (secondary N) is 3. The van der Waals surface area contributed by atoms with Gasteiger partial charge in [0.1, 0.15) is 18.1 Å². The monoisotopic (exact) mass is 432 g/mol. The molecule has 4 atom stereocenters. The number of amides is 5. The molecule has 15 heteroatoms. The van der Waals surface area contributed by atoms with Crippen molar-refractivity contribution < 1.29 is 43.8 Å². The van der Waals surface area contributed by atoms with Gasteiger partial charge in [-0.1, -0.05) is 0 Å². The molecule has 0 aromatic carbocycles. The van der Waals surface area contributed by atoms with E-state index in [4.69, 9.17) is 27.4 Å². The number of carboxylic acids is 2. The second kappa shape index (κ2) is 11.9. The van der Waals surface area contributed by atoms with E-state index in [1.54, 1.807) is 0 Å². The molecule has 0 saturated carbocycles. The number of hydrogen-bond acceptors (Lipinski definition) is 8. The van der Waals surface area contributed by atoms with E-state index >= 15 is 0 Å². The van der Waals surface area contributed by atoms with Gasteiger partial charge in [0.05, 0.1) is 25.3 Å². The zero-order valence-electron chi connectivity index (χ0n) is 15.9. The molecule has 30 heavy (non-hydrogen) atoms. The lowest BCUT2D eigenvalue weighted by molar-refractivity contribution is -0.147. The van der Waals surface area contributed by atoms with Crippen LogP contribution in [-0.4, -0.2) is 75.9 Å². The van der Waals surface area contributed by atoms with Crippen LogP contribution in [0, 0.1) is 0 Å². The average molecular weight is 432 g/mol. The van der Waals surface area contributed by atoms with Gasteiger partial charge in [-0.05, 0) is 6.92 Å². The van der Waals surface area contributed by atoms with Gasteiger partial charge >= 0.3 is 11.9 Å². The molecule has 0 rings (SSSR count). The van der Waals surface area contributed by atoms with Gasteiger partial charge in [-0.15, -0.1) is 0 Å². The minimum absolute atomic E-state index is 0.675. The highest BCUT2D eigenvalue weighted by atomic mass is 16.4. The summed E-state index contributed by atoms with van der Waals surface area (Å²) in [6.45, 7) is 1.30. The molecule has 0 aliphatic heterocycles. The molecular formula is C15H24N6O9. The zero-order chi connectivity index (χ0) is 23.6. The van der Waals surface area contributed by atoms with Crippen molar-refractivity contribution in [2.24, 2.45) is 17.2 Å². The minimum Gasteiger partial charge on any atom is -0.481 e. The smallest absolute Gasteiger partial charge is 0.326 e. The maximum Gasteiger partial charge on any atom is 0.326 e. The summed E-state index contributed by atoms with van der Waals surface area (Å²) in [6, 6.07) is -6.20. The zero-order valence-corrected chi connectivity index (χ0v) is 15.9. The number of carbonyl (C=O) groups excluding carboxylic acids is 5. The van der Waals surface area contributed by atoms with Crippen LogP contribution in [0.2, 0.25) is 0 Å². The Hall–Kier alpha value is -3.75. The van der Waals surface area contributed by atoms with E-state index in [1.807, 2.05) is 10.6 Å². The lowest BCUT2D eigenvalue weighted by Gasteiger charge is -2.23. The topological polar surface area (TPSA) is 274 Å². The number of hydrogen-bond donors (Lipinski definition) is 8. The summed E-state index contributed by atoms with van der Waals surface area (Å²) in [5, 5.41) is 23.7. The van der Waals surface area contributed by atoms with Crippen molar-refractivity contribution in [2.75, 3.05) is 0 Å². The molecule has 0 heterocycles. The number of aliphatic carboxylic acids is 2. The third-order valence-corrected chi connectivity index (χ3v) is 3.48. The van der Waals surface area contributed by atoms with Crippen molar-refractivity contribution in [2.45, 2.75) is 50.4 Å². The maximum atomic E-state index is 12.4. The highest BCUT2D eigenvalue weighted by molar-refractivity contribution is 5.97. The molecule has 11 N–H and O–H groups in total. The summed E-state index contributed by atoms with van der Waals surface area (Å²) in [6.07, 6.45) is -2.44. The molecule has 15 nitrogen and oxygen atoms in total. The Bertz CT molecular complexity index is 723. The minimum atomic E-state index is -1.86. The number of rotatable bonds is 13. The Kier molecular flexibility index (Phi) is 10.5. The SMILES string of the molecule is CC(N)C(=O)NC(CC(N)=O)C(=O)NC(CC(N)=O)C(=O)NC(CC(=O)O)C(=O)O. The highest BCUT2D eigenvalue weighted by Crippen LogP contribution is 2.01.